The van der Waals surface area contributed by atoms with Crippen LogP contribution >= 0.6 is 0 Å². The van der Waals surface area contributed by atoms with Gasteiger partial charge in [0.25, 0.3) is 0 Å². The van der Waals surface area contributed by atoms with E-state index in [1.165, 1.54) is 32.9 Å². The molecule has 3 aromatic carbocycles. The average Bonchev–Trinajstić information content (AvgIpc) is 3.24. The summed E-state index contributed by atoms with van der Waals surface area (Å²) >= 11 is 0. The number of amides is 1. The van der Waals surface area contributed by atoms with Crippen LogP contribution in [0.5, 0.6) is 5.75 Å². The lowest BCUT2D eigenvalue weighted by Gasteiger charge is -2.68. The Morgan fingerprint density at radius 1 is 0.825 bits per heavy atom. The first kappa shape index (κ1) is 45.1. The number of aliphatic hydroxyl groups excluding tert-OH is 2. The van der Waals surface area contributed by atoms with Gasteiger partial charge in [-0.15, -0.1) is 0 Å². The van der Waals surface area contributed by atoms with E-state index in [9.17, 15) is 39.3 Å². The van der Waals surface area contributed by atoms with Gasteiger partial charge in [-0.2, -0.15) is 0 Å². The fraction of sp³-hybridized carbons (Fsp3) is 0.458. The Balaban J connectivity index is 1.37. The number of fused-ring (bicyclic) bond motifs is 5. The van der Waals surface area contributed by atoms with Gasteiger partial charge in [-0.05, 0) is 74.1 Å². The summed E-state index contributed by atoms with van der Waals surface area (Å²) in [5, 5.41) is 40.2. The second-order valence-corrected chi connectivity index (χ2v) is 17.8. The van der Waals surface area contributed by atoms with Crippen LogP contribution in [0.4, 0.5) is 4.79 Å². The normalized spacial score (nSPS) is 31.5. The largest absolute Gasteiger partial charge is 0.458 e. The number of benzene rings is 3. The minimum absolute atomic E-state index is 0.00560. The van der Waals surface area contributed by atoms with E-state index in [1.807, 2.05) is 0 Å². The molecule has 0 aromatic heterocycles. The van der Waals surface area contributed by atoms with E-state index in [1.54, 1.807) is 92.7 Å². The maximum atomic E-state index is 15.5. The number of para-hydroxylation sites is 1. The van der Waals surface area contributed by atoms with Gasteiger partial charge in [0.05, 0.1) is 29.0 Å². The molecule has 4 N–H and O–H groups in total. The predicted octanol–water partition coefficient (Wildman–Crippen LogP) is 5.11. The van der Waals surface area contributed by atoms with Crippen LogP contribution in [0.25, 0.3) is 0 Å². The van der Waals surface area contributed by atoms with E-state index in [0.29, 0.717) is 12.0 Å². The fourth-order valence-corrected chi connectivity index (χ4v) is 10.7. The molecule has 0 radical (unpaired) electrons. The van der Waals surface area contributed by atoms with E-state index in [2.05, 4.69) is 5.32 Å². The zero-order valence-electron chi connectivity index (χ0n) is 35.9. The summed E-state index contributed by atoms with van der Waals surface area (Å²) in [6.07, 6.45) is -9.43. The lowest BCUT2D eigenvalue weighted by Crippen LogP contribution is -2.78. The molecular formula is C48H53NO14. The number of hydrogen-bond donors (Lipinski definition) is 4. The summed E-state index contributed by atoms with van der Waals surface area (Å²) in [4.78, 5) is 83.4. The highest BCUT2D eigenvalue weighted by molar-refractivity contribution is 5.95. The second kappa shape index (κ2) is 17.0. The molecule has 0 saturated heterocycles. The van der Waals surface area contributed by atoms with Crippen molar-refractivity contribution in [2.24, 2.45) is 22.7 Å². The first-order valence-corrected chi connectivity index (χ1v) is 21.0. The van der Waals surface area contributed by atoms with Gasteiger partial charge in [0, 0.05) is 31.6 Å². The molecule has 0 unspecified atom stereocenters. The van der Waals surface area contributed by atoms with E-state index in [4.69, 9.17) is 23.7 Å². The molecule has 4 aliphatic carbocycles. The number of aliphatic hydroxyl groups is 3. The summed E-state index contributed by atoms with van der Waals surface area (Å²) < 4.78 is 30.0. The number of rotatable bonds is 10. The maximum absolute atomic E-state index is 15.5. The van der Waals surface area contributed by atoms with Crippen LogP contribution < -0.4 is 10.1 Å². The molecular weight excluding hydrogens is 815 g/mol. The second-order valence-electron chi connectivity index (χ2n) is 17.8. The Bertz CT molecular complexity index is 2300. The van der Waals surface area contributed by atoms with Crippen LogP contribution in [0, 0.1) is 22.7 Å². The van der Waals surface area contributed by atoms with Crippen LogP contribution in [0.2, 0.25) is 0 Å². The van der Waals surface area contributed by atoms with Gasteiger partial charge in [0.2, 0.25) is 0 Å². The Labute approximate surface area is 364 Å². The van der Waals surface area contributed by atoms with Gasteiger partial charge in [-0.3, -0.25) is 14.4 Å². The first-order chi connectivity index (χ1) is 29.8. The van der Waals surface area contributed by atoms with Crippen molar-refractivity contribution in [3.63, 3.8) is 0 Å². The molecule has 334 valence electrons. The van der Waals surface area contributed by atoms with Crippen LogP contribution in [-0.2, 0) is 38.1 Å². The van der Waals surface area contributed by atoms with Crippen molar-refractivity contribution in [1.29, 1.82) is 0 Å². The topological polar surface area (TPSA) is 221 Å². The van der Waals surface area contributed by atoms with Gasteiger partial charge in [-0.25, -0.2) is 14.4 Å². The SMILES string of the molecule is CC(=O)O[C@H]1C(=O)[C@@]2(C)[C@H]([C@H](OC(=O)c3ccccc3)[C@]3(O)C[C@H](OC(=O)[C@H](O)[C@@H](NC(=O)Oc4ccccc4)c4ccccc4)C(C)=C1C3(C)C)[C@]1(OC(C)=O)CC[C@@H]1C[C@@H]2O. The molecule has 11 atom stereocenters. The molecule has 3 saturated carbocycles. The lowest BCUT2D eigenvalue weighted by molar-refractivity contribution is -0.296. The third-order valence-electron chi connectivity index (χ3n) is 14.0. The molecule has 3 fully saturated rings. The molecule has 0 heterocycles. The Hall–Kier alpha value is -5.90. The number of hydrogen-bond acceptors (Lipinski definition) is 14. The molecule has 15 heteroatoms. The number of Topliss-reactive ketones (excluding diaryl/α,β-unsaturated/α-hetero) is 1. The van der Waals surface area contributed by atoms with Gasteiger partial charge in [0.15, 0.2) is 18.0 Å². The standard InChI is InChI=1S/C48H53NO14/c1-26-33(61-43(56)37(53)36(29-16-10-7-11-17-29)49-44(57)60-32-20-14-9-15-21-32)25-48(58)41(62-42(55)30-18-12-8-13-19-30)39-46(6,34(52)24-31-22-23-47(31,39)63-28(3)51)40(54)38(59-27(2)50)35(26)45(48,4)5/h7-21,31,33-34,36-39,41,52-53,58H,22-25H2,1-6H3,(H,49,57)/t31-,33+,34+,36+,37-,38-,39+,41+,46-,47+,48-/m1/s1. The quantitative estimate of drug-likeness (QED) is 0.118. The highest BCUT2D eigenvalue weighted by atomic mass is 16.6. The van der Waals surface area contributed by atoms with E-state index in [-0.39, 0.29) is 35.3 Å². The summed E-state index contributed by atoms with van der Waals surface area (Å²) in [7, 11) is 0. The maximum Gasteiger partial charge on any atom is 0.413 e. The van der Waals surface area contributed by atoms with Crippen molar-refractivity contribution in [2.45, 2.75) is 115 Å². The highest BCUT2D eigenvalue weighted by Gasteiger charge is 2.77. The third kappa shape index (κ3) is 7.80. The van der Waals surface area contributed by atoms with Crippen molar-refractivity contribution in [3.05, 3.63) is 113 Å². The van der Waals surface area contributed by atoms with Crippen molar-refractivity contribution < 1.29 is 67.8 Å². The van der Waals surface area contributed by atoms with Crippen molar-refractivity contribution in [3.8, 4) is 5.75 Å². The average molecular weight is 868 g/mol. The minimum atomic E-state index is -2.35. The number of ketones is 1. The molecule has 2 bridgehead atoms. The first-order valence-electron chi connectivity index (χ1n) is 21.0. The zero-order valence-corrected chi connectivity index (χ0v) is 35.9. The molecule has 0 aliphatic heterocycles. The summed E-state index contributed by atoms with van der Waals surface area (Å²) in [6.45, 7) is 8.44. The Morgan fingerprint density at radius 3 is 2.00 bits per heavy atom. The van der Waals surface area contributed by atoms with Gasteiger partial charge in [0.1, 0.15) is 29.2 Å². The number of carbonyl (C=O) groups is 6. The Morgan fingerprint density at radius 2 is 1.43 bits per heavy atom. The Kier molecular flexibility index (Phi) is 12.2. The van der Waals surface area contributed by atoms with Gasteiger partial charge in [-0.1, -0.05) is 80.6 Å². The minimum Gasteiger partial charge on any atom is -0.458 e. The number of carbonyl (C=O) groups excluding carboxylic acids is 6. The molecule has 4 aliphatic rings. The summed E-state index contributed by atoms with van der Waals surface area (Å²) in [5.74, 6) is -6.33. The molecule has 0 spiro atoms. The zero-order chi connectivity index (χ0) is 45.6. The number of esters is 4. The van der Waals surface area contributed by atoms with Crippen LogP contribution in [0.1, 0.15) is 89.2 Å². The number of nitrogens with one attached hydrogen (secondary N) is 1. The molecule has 7 rings (SSSR count). The van der Waals surface area contributed by atoms with Crippen LogP contribution in [0.3, 0.4) is 0 Å². The van der Waals surface area contributed by atoms with Crippen LogP contribution in [0.15, 0.2) is 102 Å². The fourth-order valence-electron chi connectivity index (χ4n) is 10.7. The molecule has 3 aromatic rings. The van der Waals surface area contributed by atoms with Crippen molar-refractivity contribution in [2.75, 3.05) is 0 Å². The van der Waals surface area contributed by atoms with E-state index >= 15 is 4.79 Å². The summed E-state index contributed by atoms with van der Waals surface area (Å²) in [6, 6.07) is 22.8. The number of ether oxygens (including phenoxy) is 5. The molecule has 1 amide bonds. The molecule has 15 nitrogen and oxygen atoms in total. The smallest absolute Gasteiger partial charge is 0.413 e. The predicted molar refractivity (Wildman–Crippen MR) is 222 cm³/mol. The van der Waals surface area contributed by atoms with E-state index < -0.39 is 113 Å². The van der Waals surface area contributed by atoms with Gasteiger partial charge < -0.3 is 44.3 Å². The monoisotopic (exact) mass is 867 g/mol. The van der Waals surface area contributed by atoms with Gasteiger partial charge >= 0.3 is 30.0 Å². The van der Waals surface area contributed by atoms with Crippen LogP contribution in [-0.4, -0.2) is 92.8 Å². The third-order valence-corrected chi connectivity index (χ3v) is 14.0. The van der Waals surface area contributed by atoms with Crippen molar-refractivity contribution in [1.82, 2.24) is 5.32 Å². The summed E-state index contributed by atoms with van der Waals surface area (Å²) in [5.41, 5.74) is -6.94. The van der Waals surface area contributed by atoms with Crippen molar-refractivity contribution >= 4 is 35.8 Å². The molecule has 63 heavy (non-hydrogen) atoms. The highest BCUT2D eigenvalue weighted by Crippen LogP contribution is 2.67. The van der Waals surface area contributed by atoms with E-state index in [0.717, 1.165) is 6.92 Å². The lowest BCUT2D eigenvalue weighted by atomic mass is 9.41.